The minimum absolute atomic E-state index is 0.132. The molecule has 1 unspecified atom stereocenters. The van der Waals surface area contributed by atoms with Gasteiger partial charge in [-0.25, -0.2) is 4.39 Å². The third-order valence-electron chi connectivity index (χ3n) is 4.03. The molecule has 0 heterocycles. The van der Waals surface area contributed by atoms with E-state index in [9.17, 15) is 4.39 Å². The van der Waals surface area contributed by atoms with Crippen LogP contribution in [0.4, 0.5) is 4.39 Å². The number of halogens is 1. The third-order valence-corrected chi connectivity index (χ3v) is 4.03. The van der Waals surface area contributed by atoms with E-state index in [4.69, 9.17) is 0 Å². The minimum atomic E-state index is -0.132. The Kier molecular flexibility index (Phi) is 3.11. The first-order chi connectivity index (χ1) is 9.20. The largest absolute Gasteiger partial charge is 0.313 e. The van der Waals surface area contributed by atoms with Crippen molar-refractivity contribution in [1.29, 1.82) is 0 Å². The lowest BCUT2D eigenvalue weighted by Crippen LogP contribution is -2.12. The van der Waals surface area contributed by atoms with E-state index in [1.807, 2.05) is 38.2 Å². The molecule has 0 aliphatic heterocycles. The fraction of sp³-hybridized carbons (Fsp3) is 0.294. The predicted molar refractivity (Wildman–Crippen MR) is 76.7 cm³/mol. The highest BCUT2D eigenvalue weighted by Gasteiger charge is 2.24. The monoisotopic (exact) mass is 255 g/mol. The molecule has 0 fully saturated rings. The summed E-state index contributed by atoms with van der Waals surface area (Å²) < 4.78 is 14.1. The van der Waals surface area contributed by atoms with E-state index >= 15 is 0 Å². The van der Waals surface area contributed by atoms with Gasteiger partial charge in [0, 0.05) is 11.6 Å². The maximum atomic E-state index is 14.1. The van der Waals surface area contributed by atoms with Crippen LogP contribution < -0.4 is 5.32 Å². The van der Waals surface area contributed by atoms with Crippen molar-refractivity contribution < 1.29 is 4.39 Å². The topological polar surface area (TPSA) is 12.0 Å². The molecule has 3 rings (SSSR count). The van der Waals surface area contributed by atoms with E-state index in [2.05, 4.69) is 11.4 Å². The van der Waals surface area contributed by atoms with Gasteiger partial charge in [-0.15, -0.1) is 0 Å². The molecule has 19 heavy (non-hydrogen) atoms. The molecule has 0 aromatic heterocycles. The Hall–Kier alpha value is -1.67. The Bertz CT molecular complexity index is 619. The highest BCUT2D eigenvalue weighted by atomic mass is 19.1. The predicted octanol–water partition coefficient (Wildman–Crippen LogP) is 4.01. The Morgan fingerprint density at radius 2 is 2.00 bits per heavy atom. The van der Waals surface area contributed by atoms with Crippen LogP contribution in [0.15, 0.2) is 36.4 Å². The smallest absolute Gasteiger partial charge is 0.131 e. The Balaban J connectivity index is 2.17. The lowest BCUT2D eigenvalue weighted by molar-refractivity contribution is 0.590. The molecule has 2 heteroatoms. The van der Waals surface area contributed by atoms with Crippen molar-refractivity contribution in [2.75, 3.05) is 7.05 Å². The van der Waals surface area contributed by atoms with Gasteiger partial charge in [0.25, 0.3) is 0 Å². The van der Waals surface area contributed by atoms with Crippen molar-refractivity contribution >= 4 is 0 Å². The summed E-state index contributed by atoms with van der Waals surface area (Å²) >= 11 is 0. The summed E-state index contributed by atoms with van der Waals surface area (Å²) in [6, 6.07) is 12.0. The van der Waals surface area contributed by atoms with Crippen molar-refractivity contribution in [2.24, 2.45) is 0 Å². The molecule has 0 amide bonds. The van der Waals surface area contributed by atoms with Gasteiger partial charge in [0.15, 0.2) is 0 Å². The molecule has 98 valence electrons. The molecule has 0 bridgehead atoms. The van der Waals surface area contributed by atoms with E-state index in [-0.39, 0.29) is 5.82 Å². The standard InChI is InChI=1S/C17H18FN/c1-11-6-8-16(18)15(10-11)12-4-3-5-14-13(12)7-9-17(14)19-2/h3-6,8,10,17,19H,7,9H2,1-2H3. The number of nitrogens with one attached hydrogen (secondary N) is 1. The molecule has 1 aliphatic rings. The zero-order valence-electron chi connectivity index (χ0n) is 11.3. The summed E-state index contributed by atoms with van der Waals surface area (Å²) in [7, 11) is 1.99. The van der Waals surface area contributed by atoms with Crippen LogP contribution in [0.2, 0.25) is 0 Å². The van der Waals surface area contributed by atoms with E-state index in [1.54, 1.807) is 6.07 Å². The van der Waals surface area contributed by atoms with Gasteiger partial charge in [-0.1, -0.05) is 29.8 Å². The fourth-order valence-corrected chi connectivity index (χ4v) is 3.05. The zero-order valence-corrected chi connectivity index (χ0v) is 11.3. The summed E-state index contributed by atoms with van der Waals surface area (Å²) in [6.45, 7) is 2.00. The van der Waals surface area contributed by atoms with Gasteiger partial charge in [-0.3, -0.25) is 0 Å². The summed E-state index contributed by atoms with van der Waals surface area (Å²) in [5.41, 5.74) is 5.49. The maximum Gasteiger partial charge on any atom is 0.131 e. The van der Waals surface area contributed by atoms with Crippen molar-refractivity contribution in [3.8, 4) is 11.1 Å². The van der Waals surface area contributed by atoms with E-state index in [0.717, 1.165) is 29.5 Å². The zero-order chi connectivity index (χ0) is 13.4. The first-order valence-corrected chi connectivity index (χ1v) is 6.76. The van der Waals surface area contributed by atoms with E-state index < -0.39 is 0 Å². The lowest BCUT2D eigenvalue weighted by Gasteiger charge is -2.13. The van der Waals surface area contributed by atoms with Gasteiger partial charge < -0.3 is 5.32 Å². The van der Waals surface area contributed by atoms with E-state index in [1.165, 1.54) is 11.1 Å². The lowest BCUT2D eigenvalue weighted by atomic mass is 9.95. The van der Waals surface area contributed by atoms with Gasteiger partial charge in [-0.05, 0) is 55.6 Å². The van der Waals surface area contributed by atoms with Gasteiger partial charge in [0.1, 0.15) is 5.82 Å². The van der Waals surface area contributed by atoms with Gasteiger partial charge in [-0.2, -0.15) is 0 Å². The van der Waals surface area contributed by atoms with E-state index in [0.29, 0.717) is 6.04 Å². The summed E-state index contributed by atoms with van der Waals surface area (Å²) in [4.78, 5) is 0. The average Bonchev–Trinajstić information content (AvgIpc) is 2.84. The molecule has 0 spiro atoms. The highest BCUT2D eigenvalue weighted by Crippen LogP contribution is 2.38. The molecular formula is C17H18FN. The van der Waals surface area contributed by atoms with Crippen LogP contribution >= 0.6 is 0 Å². The molecule has 1 aliphatic carbocycles. The second-order valence-corrected chi connectivity index (χ2v) is 5.24. The summed E-state index contributed by atoms with van der Waals surface area (Å²) in [5, 5.41) is 3.33. The number of aryl methyl sites for hydroxylation is 1. The molecule has 0 saturated carbocycles. The minimum Gasteiger partial charge on any atom is -0.313 e. The summed E-state index contributed by atoms with van der Waals surface area (Å²) in [6.07, 6.45) is 2.11. The third kappa shape index (κ3) is 2.06. The van der Waals surface area contributed by atoms with Gasteiger partial charge in [0.05, 0.1) is 0 Å². The molecule has 0 saturated heterocycles. The number of fused-ring (bicyclic) bond motifs is 1. The fourth-order valence-electron chi connectivity index (χ4n) is 3.05. The molecule has 2 aromatic rings. The molecular weight excluding hydrogens is 237 g/mol. The van der Waals surface area contributed by atoms with Gasteiger partial charge >= 0.3 is 0 Å². The molecule has 1 nitrogen and oxygen atoms in total. The van der Waals surface area contributed by atoms with Crippen LogP contribution in [0, 0.1) is 12.7 Å². The maximum absolute atomic E-state index is 14.1. The Morgan fingerprint density at radius 1 is 1.16 bits per heavy atom. The number of benzene rings is 2. The molecule has 1 atom stereocenters. The summed E-state index contributed by atoms with van der Waals surface area (Å²) in [5.74, 6) is -0.132. The molecule has 1 N–H and O–H groups in total. The average molecular weight is 255 g/mol. The Morgan fingerprint density at radius 3 is 2.79 bits per heavy atom. The number of hydrogen-bond donors (Lipinski definition) is 1. The first kappa shape index (κ1) is 12.4. The van der Waals surface area contributed by atoms with Crippen LogP contribution in [0.25, 0.3) is 11.1 Å². The van der Waals surface area contributed by atoms with Crippen LogP contribution in [0.3, 0.4) is 0 Å². The Labute approximate surface area is 113 Å². The van der Waals surface area contributed by atoms with Crippen LogP contribution in [0.1, 0.15) is 29.2 Å². The SMILES string of the molecule is CNC1CCc2c(-c3cc(C)ccc3F)cccc21. The number of rotatable bonds is 2. The van der Waals surface area contributed by atoms with Crippen molar-refractivity contribution in [3.05, 3.63) is 58.9 Å². The second kappa shape index (κ2) is 4.78. The molecule has 2 aromatic carbocycles. The van der Waals surface area contributed by atoms with Gasteiger partial charge in [0.2, 0.25) is 0 Å². The van der Waals surface area contributed by atoms with Crippen molar-refractivity contribution in [1.82, 2.24) is 5.32 Å². The normalized spacial score (nSPS) is 17.5. The quantitative estimate of drug-likeness (QED) is 0.855. The first-order valence-electron chi connectivity index (χ1n) is 6.76. The van der Waals surface area contributed by atoms with Crippen molar-refractivity contribution in [2.45, 2.75) is 25.8 Å². The highest BCUT2D eigenvalue weighted by molar-refractivity contribution is 5.71. The van der Waals surface area contributed by atoms with Crippen LogP contribution in [-0.2, 0) is 6.42 Å². The van der Waals surface area contributed by atoms with Crippen LogP contribution in [-0.4, -0.2) is 7.05 Å². The molecule has 0 radical (unpaired) electrons. The van der Waals surface area contributed by atoms with Crippen molar-refractivity contribution in [3.63, 3.8) is 0 Å². The second-order valence-electron chi connectivity index (χ2n) is 5.24. The number of hydrogen-bond acceptors (Lipinski definition) is 1. The van der Waals surface area contributed by atoms with Crippen LogP contribution in [0.5, 0.6) is 0 Å².